The minimum Gasteiger partial charge on any atom is -0.355 e. The number of hydrogen-bond donors (Lipinski definition) is 4. The Labute approximate surface area is 222 Å². The first-order valence-electron chi connectivity index (χ1n) is 12.5. The van der Waals surface area contributed by atoms with Gasteiger partial charge in [0.05, 0.1) is 11.2 Å². The molecular formula is C31H30N6O. The lowest BCUT2D eigenvalue weighted by molar-refractivity contribution is 0.102. The molecular weight excluding hydrogens is 472 g/mol. The van der Waals surface area contributed by atoms with Gasteiger partial charge in [0.15, 0.2) is 0 Å². The molecule has 38 heavy (non-hydrogen) atoms. The van der Waals surface area contributed by atoms with E-state index in [1.54, 1.807) is 6.20 Å². The Morgan fingerprint density at radius 3 is 2.37 bits per heavy atom. The number of carbonyl (C=O) groups excluding carboxylic acids is 1. The molecule has 0 aliphatic carbocycles. The van der Waals surface area contributed by atoms with Gasteiger partial charge in [-0.25, -0.2) is 0 Å². The van der Waals surface area contributed by atoms with Gasteiger partial charge in [0, 0.05) is 58.3 Å². The van der Waals surface area contributed by atoms with Gasteiger partial charge >= 0.3 is 0 Å². The van der Waals surface area contributed by atoms with E-state index in [1.165, 1.54) is 5.56 Å². The molecule has 0 spiro atoms. The molecule has 190 valence electrons. The maximum atomic E-state index is 13.1. The monoisotopic (exact) mass is 502 g/mol. The maximum absolute atomic E-state index is 13.1. The number of benzene rings is 3. The number of fused-ring (bicyclic) bond motifs is 1. The number of rotatable bonds is 8. The van der Waals surface area contributed by atoms with Gasteiger partial charge in [-0.1, -0.05) is 18.2 Å². The maximum Gasteiger partial charge on any atom is 0.255 e. The summed E-state index contributed by atoms with van der Waals surface area (Å²) in [6.07, 6.45) is 3.63. The highest BCUT2D eigenvalue weighted by atomic mass is 16.1. The van der Waals surface area contributed by atoms with Gasteiger partial charge in [-0.05, 0) is 92.7 Å². The summed E-state index contributed by atoms with van der Waals surface area (Å²) in [6, 6.07) is 25.3. The fourth-order valence-electron chi connectivity index (χ4n) is 4.37. The van der Waals surface area contributed by atoms with Gasteiger partial charge in [0.2, 0.25) is 0 Å². The Kier molecular flexibility index (Phi) is 7.28. The predicted molar refractivity (Wildman–Crippen MR) is 156 cm³/mol. The molecule has 0 aliphatic rings. The zero-order chi connectivity index (χ0) is 26.5. The quantitative estimate of drug-likeness (QED) is 0.189. The number of carbonyl (C=O) groups is 1. The van der Waals surface area contributed by atoms with Crippen LogP contribution in [-0.4, -0.2) is 22.9 Å². The molecule has 5 aromatic rings. The van der Waals surface area contributed by atoms with E-state index in [-0.39, 0.29) is 5.91 Å². The van der Waals surface area contributed by atoms with E-state index in [9.17, 15) is 4.79 Å². The molecule has 0 saturated carbocycles. The highest BCUT2D eigenvalue weighted by Crippen LogP contribution is 2.30. The van der Waals surface area contributed by atoms with E-state index in [2.05, 4.69) is 43.4 Å². The number of amides is 1. The van der Waals surface area contributed by atoms with Gasteiger partial charge in [0.1, 0.15) is 0 Å². The molecule has 3 aromatic carbocycles. The van der Waals surface area contributed by atoms with Crippen LogP contribution in [0, 0.1) is 13.8 Å². The second-order valence-electron chi connectivity index (χ2n) is 9.25. The lowest BCUT2D eigenvalue weighted by Crippen LogP contribution is -2.12. The summed E-state index contributed by atoms with van der Waals surface area (Å²) < 4.78 is 0. The van der Waals surface area contributed by atoms with Crippen molar-refractivity contribution in [3.63, 3.8) is 0 Å². The average molecular weight is 503 g/mol. The first-order chi connectivity index (χ1) is 18.5. The van der Waals surface area contributed by atoms with Crippen LogP contribution in [0.4, 0.5) is 28.4 Å². The Morgan fingerprint density at radius 2 is 1.55 bits per heavy atom. The minimum absolute atomic E-state index is 0.182. The summed E-state index contributed by atoms with van der Waals surface area (Å²) in [4.78, 5) is 22.0. The largest absolute Gasteiger partial charge is 0.355 e. The number of pyridine rings is 2. The van der Waals surface area contributed by atoms with Crippen molar-refractivity contribution in [3.05, 3.63) is 114 Å². The summed E-state index contributed by atoms with van der Waals surface area (Å²) in [7, 11) is 1.93. The van der Waals surface area contributed by atoms with E-state index in [0.29, 0.717) is 11.3 Å². The fourth-order valence-corrected chi connectivity index (χ4v) is 4.37. The summed E-state index contributed by atoms with van der Waals surface area (Å²) in [5.41, 5.74) is 8.96. The number of nitrogens with one attached hydrogen (secondary N) is 4. The third-order valence-electron chi connectivity index (χ3n) is 6.20. The summed E-state index contributed by atoms with van der Waals surface area (Å²) in [5.74, 6) is -0.182. The number of aryl methyl sites for hydroxylation is 2. The summed E-state index contributed by atoms with van der Waals surface area (Å²) in [6.45, 7) is 4.76. The number of anilines is 5. The lowest BCUT2D eigenvalue weighted by atomic mass is 10.1. The molecule has 0 aliphatic heterocycles. The molecule has 1 amide bonds. The van der Waals surface area contributed by atoms with Gasteiger partial charge in [0.25, 0.3) is 5.91 Å². The molecule has 2 aromatic heterocycles. The van der Waals surface area contributed by atoms with Crippen LogP contribution < -0.4 is 21.3 Å². The van der Waals surface area contributed by atoms with Crippen LogP contribution in [0.25, 0.3) is 10.9 Å². The van der Waals surface area contributed by atoms with Gasteiger partial charge < -0.3 is 21.3 Å². The van der Waals surface area contributed by atoms with Crippen molar-refractivity contribution < 1.29 is 4.79 Å². The van der Waals surface area contributed by atoms with Crippen molar-refractivity contribution in [1.82, 2.24) is 15.3 Å². The van der Waals surface area contributed by atoms with Crippen molar-refractivity contribution in [2.75, 3.05) is 23.0 Å². The molecule has 4 N–H and O–H groups in total. The standard InChI is InChI=1S/C31H30N6O/c1-20-18-34-29-11-10-22(19-32-3)15-28(29)30(20)36-24-7-4-6-23(16-24)31(38)37-26-9-5-8-25(17-26)35-27-12-13-33-21(2)14-27/h4-18,32H,19H2,1-3H3,(H,33,35)(H,34,36)(H,37,38). The van der Waals surface area contributed by atoms with E-state index < -0.39 is 0 Å². The van der Waals surface area contributed by atoms with Crippen LogP contribution in [-0.2, 0) is 6.54 Å². The SMILES string of the molecule is CNCc1ccc2ncc(C)c(Nc3cccc(C(=O)Nc4cccc(Nc5ccnc(C)c5)c4)c3)c2c1. The smallest absolute Gasteiger partial charge is 0.255 e. The first kappa shape index (κ1) is 24.9. The van der Waals surface area contributed by atoms with Crippen molar-refractivity contribution >= 4 is 45.2 Å². The van der Waals surface area contributed by atoms with Crippen molar-refractivity contribution in [2.45, 2.75) is 20.4 Å². The molecule has 0 atom stereocenters. The zero-order valence-corrected chi connectivity index (χ0v) is 21.7. The Balaban J connectivity index is 1.35. The second kappa shape index (κ2) is 11.1. The molecule has 7 heteroatoms. The van der Waals surface area contributed by atoms with Crippen molar-refractivity contribution in [2.24, 2.45) is 0 Å². The second-order valence-corrected chi connectivity index (χ2v) is 9.25. The van der Waals surface area contributed by atoms with Crippen LogP contribution in [0.15, 0.2) is 91.3 Å². The molecule has 0 radical (unpaired) electrons. The molecule has 7 nitrogen and oxygen atoms in total. The van der Waals surface area contributed by atoms with Crippen LogP contribution in [0.5, 0.6) is 0 Å². The van der Waals surface area contributed by atoms with Gasteiger partial charge in [-0.3, -0.25) is 14.8 Å². The molecule has 0 saturated heterocycles. The van der Waals surface area contributed by atoms with Crippen molar-refractivity contribution in [1.29, 1.82) is 0 Å². The Morgan fingerprint density at radius 1 is 0.789 bits per heavy atom. The molecule has 0 unspecified atom stereocenters. The van der Waals surface area contributed by atoms with Crippen LogP contribution in [0.3, 0.4) is 0 Å². The third kappa shape index (κ3) is 5.79. The molecule has 0 fully saturated rings. The zero-order valence-electron chi connectivity index (χ0n) is 21.7. The molecule has 5 rings (SSSR count). The van der Waals surface area contributed by atoms with Crippen LogP contribution in [0.2, 0.25) is 0 Å². The number of hydrogen-bond acceptors (Lipinski definition) is 6. The topological polar surface area (TPSA) is 91.0 Å². The van der Waals surface area contributed by atoms with Crippen LogP contribution in [0.1, 0.15) is 27.2 Å². The fraction of sp³-hybridized carbons (Fsp3) is 0.129. The average Bonchev–Trinajstić information content (AvgIpc) is 2.91. The van der Waals surface area contributed by atoms with Gasteiger partial charge in [-0.15, -0.1) is 0 Å². The van der Waals surface area contributed by atoms with Crippen molar-refractivity contribution in [3.8, 4) is 0 Å². The van der Waals surface area contributed by atoms with E-state index in [1.807, 2.05) is 93.8 Å². The lowest BCUT2D eigenvalue weighted by Gasteiger charge is -2.15. The van der Waals surface area contributed by atoms with E-state index >= 15 is 0 Å². The predicted octanol–water partition coefficient (Wildman–Crippen LogP) is 6.71. The highest BCUT2D eigenvalue weighted by molar-refractivity contribution is 6.05. The number of aromatic nitrogens is 2. The van der Waals surface area contributed by atoms with E-state index in [0.717, 1.165) is 51.5 Å². The highest BCUT2D eigenvalue weighted by Gasteiger charge is 2.11. The third-order valence-corrected chi connectivity index (χ3v) is 6.20. The Bertz CT molecular complexity index is 1610. The van der Waals surface area contributed by atoms with Gasteiger partial charge in [-0.2, -0.15) is 0 Å². The first-order valence-corrected chi connectivity index (χ1v) is 12.5. The number of nitrogens with zero attached hydrogens (tertiary/aromatic N) is 2. The molecule has 0 bridgehead atoms. The van der Waals surface area contributed by atoms with Crippen LogP contribution >= 0.6 is 0 Å². The normalized spacial score (nSPS) is 10.8. The summed E-state index contributed by atoms with van der Waals surface area (Å²) in [5, 5.41) is 14.1. The Hall–Kier alpha value is -4.75. The minimum atomic E-state index is -0.182. The summed E-state index contributed by atoms with van der Waals surface area (Å²) >= 11 is 0. The molecule has 2 heterocycles. The van der Waals surface area contributed by atoms with E-state index in [4.69, 9.17) is 0 Å².